The number of nitrogens with zero attached hydrogens (tertiary/aromatic N) is 1. The first-order valence-corrected chi connectivity index (χ1v) is 15.3. The zero-order valence-electron chi connectivity index (χ0n) is 23.1. The quantitative estimate of drug-likeness (QED) is 0.254. The lowest BCUT2D eigenvalue weighted by atomic mass is 10.0. The molecule has 0 saturated heterocycles. The molecule has 0 radical (unpaired) electrons. The van der Waals surface area contributed by atoms with Gasteiger partial charge in [0.1, 0.15) is 17.5 Å². The van der Waals surface area contributed by atoms with Crippen molar-refractivity contribution in [1.82, 2.24) is 0 Å². The highest BCUT2D eigenvalue weighted by Gasteiger charge is 2.37. The number of fused-ring (bicyclic) bond motifs is 1. The molecular formula is C29H28ClF3N2O7S. The molecule has 1 unspecified atom stereocenters. The third-order valence-corrected chi connectivity index (χ3v) is 8.08. The van der Waals surface area contributed by atoms with E-state index >= 15 is 0 Å². The standard InChI is InChI=1S/C29H28ClF3N2O7S/c1-41-21-14-20(15-22(16-21)43(2,39)40)34-27(23-8-7-19(30)13-25(23)42-11-3-4-26(36)37)28(38)35-10-9-17-5-6-18(12-24(17)35)29(31,32)33/h5-8,12-16,27,34H,3-4,9-11H2,1-2H3,(H,36,37). The van der Waals surface area contributed by atoms with E-state index in [0.29, 0.717) is 12.0 Å². The summed E-state index contributed by atoms with van der Waals surface area (Å²) in [5, 5.41) is 12.3. The van der Waals surface area contributed by atoms with E-state index in [1.54, 1.807) is 0 Å². The summed E-state index contributed by atoms with van der Waals surface area (Å²) in [5.74, 6) is -1.34. The van der Waals surface area contributed by atoms with Gasteiger partial charge in [0.2, 0.25) is 0 Å². The van der Waals surface area contributed by atoms with Crippen LogP contribution >= 0.6 is 11.6 Å². The Balaban J connectivity index is 1.80. The van der Waals surface area contributed by atoms with Crippen LogP contribution in [0.15, 0.2) is 59.5 Å². The molecule has 0 aromatic heterocycles. The number of amides is 1. The lowest BCUT2D eigenvalue weighted by Crippen LogP contribution is -2.37. The number of rotatable bonds is 11. The van der Waals surface area contributed by atoms with Crippen molar-refractivity contribution in [2.24, 2.45) is 0 Å². The van der Waals surface area contributed by atoms with Crippen LogP contribution in [-0.2, 0) is 32.0 Å². The molecule has 0 fully saturated rings. The fourth-order valence-corrected chi connectivity index (χ4v) is 5.48. The minimum Gasteiger partial charge on any atom is -0.497 e. The van der Waals surface area contributed by atoms with E-state index in [1.807, 2.05) is 0 Å². The Labute approximate surface area is 251 Å². The van der Waals surface area contributed by atoms with Crippen LogP contribution in [0.1, 0.15) is 35.6 Å². The molecule has 2 N–H and O–H groups in total. The summed E-state index contributed by atoms with van der Waals surface area (Å²) in [6, 6.07) is 10.5. The van der Waals surface area contributed by atoms with Gasteiger partial charge >= 0.3 is 12.1 Å². The second kappa shape index (κ2) is 12.7. The first-order chi connectivity index (χ1) is 20.2. The molecule has 3 aromatic carbocycles. The first-order valence-electron chi connectivity index (χ1n) is 13.0. The molecule has 43 heavy (non-hydrogen) atoms. The average molecular weight is 641 g/mol. The van der Waals surface area contributed by atoms with Crippen molar-refractivity contribution in [2.45, 2.75) is 36.4 Å². The third kappa shape index (κ3) is 7.71. The van der Waals surface area contributed by atoms with Crippen LogP contribution in [0.2, 0.25) is 5.02 Å². The summed E-state index contributed by atoms with van der Waals surface area (Å²) in [5.41, 5.74) is 0.173. The minimum atomic E-state index is -4.63. The largest absolute Gasteiger partial charge is 0.497 e. The second-order valence-corrected chi connectivity index (χ2v) is 12.3. The summed E-state index contributed by atoms with van der Waals surface area (Å²) >= 11 is 6.21. The van der Waals surface area contributed by atoms with Gasteiger partial charge in [0.15, 0.2) is 9.84 Å². The van der Waals surface area contributed by atoms with Crippen LogP contribution in [0, 0.1) is 0 Å². The zero-order chi connectivity index (χ0) is 31.5. The van der Waals surface area contributed by atoms with E-state index in [1.165, 1.54) is 54.5 Å². The summed E-state index contributed by atoms with van der Waals surface area (Å²) in [6.07, 6.45) is -3.31. The predicted octanol–water partition coefficient (Wildman–Crippen LogP) is 5.76. The molecular weight excluding hydrogens is 613 g/mol. The van der Waals surface area contributed by atoms with Crippen LogP contribution in [0.25, 0.3) is 0 Å². The van der Waals surface area contributed by atoms with Gasteiger partial charge in [0.05, 0.1) is 24.2 Å². The number of alkyl halides is 3. The van der Waals surface area contributed by atoms with Crippen LogP contribution in [-0.4, -0.2) is 51.9 Å². The van der Waals surface area contributed by atoms with Crippen molar-refractivity contribution in [3.05, 3.63) is 76.3 Å². The van der Waals surface area contributed by atoms with Crippen molar-refractivity contribution in [3.63, 3.8) is 0 Å². The van der Waals surface area contributed by atoms with Crippen molar-refractivity contribution in [3.8, 4) is 11.5 Å². The normalized spacial score (nSPS) is 13.8. The number of halogens is 4. The van der Waals surface area contributed by atoms with Gasteiger partial charge in [-0.15, -0.1) is 0 Å². The smallest absolute Gasteiger partial charge is 0.416 e. The number of hydrogen-bond acceptors (Lipinski definition) is 7. The Bertz CT molecular complexity index is 1650. The maximum absolute atomic E-state index is 14.2. The topological polar surface area (TPSA) is 122 Å². The molecule has 1 aliphatic rings. The lowest BCUT2D eigenvalue weighted by Gasteiger charge is -2.28. The second-order valence-electron chi connectivity index (χ2n) is 9.86. The summed E-state index contributed by atoms with van der Waals surface area (Å²) in [7, 11) is -2.36. The van der Waals surface area contributed by atoms with E-state index in [9.17, 15) is 31.2 Å². The van der Waals surface area contributed by atoms with Crippen LogP contribution in [0.3, 0.4) is 0 Å². The number of carboxylic acid groups (broad SMARTS) is 1. The van der Waals surface area contributed by atoms with Crippen LogP contribution in [0.5, 0.6) is 11.5 Å². The van der Waals surface area contributed by atoms with Gasteiger partial charge in [0, 0.05) is 47.2 Å². The molecule has 1 atom stereocenters. The molecule has 230 valence electrons. The Morgan fingerprint density at radius 1 is 1.12 bits per heavy atom. The van der Waals surface area contributed by atoms with E-state index in [4.69, 9.17) is 26.2 Å². The third-order valence-electron chi connectivity index (χ3n) is 6.76. The maximum Gasteiger partial charge on any atom is 0.416 e. The zero-order valence-corrected chi connectivity index (χ0v) is 24.6. The SMILES string of the molecule is COc1cc(NC(C(=O)N2CCc3ccc(C(F)(F)F)cc32)c2ccc(Cl)cc2OCCCC(=O)O)cc(S(C)(=O)=O)c1. The van der Waals surface area contributed by atoms with Crippen molar-refractivity contribution in [2.75, 3.05) is 36.7 Å². The Hall–Kier alpha value is -3.97. The van der Waals surface area contributed by atoms with Crippen LogP contribution in [0.4, 0.5) is 24.5 Å². The number of nitrogens with one attached hydrogen (secondary N) is 1. The fraction of sp³-hybridized carbons (Fsp3) is 0.310. The van der Waals surface area contributed by atoms with Gasteiger partial charge < -0.3 is 24.8 Å². The molecule has 1 amide bonds. The molecule has 1 aliphatic heterocycles. The van der Waals surface area contributed by atoms with E-state index in [0.717, 1.165) is 18.4 Å². The number of ether oxygens (including phenoxy) is 2. The fourth-order valence-electron chi connectivity index (χ4n) is 4.64. The molecule has 14 heteroatoms. The summed E-state index contributed by atoms with van der Waals surface area (Å²) in [4.78, 5) is 26.3. The number of sulfone groups is 1. The van der Waals surface area contributed by atoms with E-state index < -0.39 is 39.5 Å². The van der Waals surface area contributed by atoms with Crippen LogP contribution < -0.4 is 19.7 Å². The lowest BCUT2D eigenvalue weighted by molar-refractivity contribution is -0.138. The number of anilines is 2. The Morgan fingerprint density at radius 3 is 2.51 bits per heavy atom. The Kier molecular flexibility index (Phi) is 9.45. The molecule has 0 spiro atoms. The van der Waals surface area contributed by atoms with Crippen molar-refractivity contribution < 1.29 is 45.8 Å². The number of carbonyl (C=O) groups excluding carboxylic acids is 1. The van der Waals surface area contributed by atoms with Gasteiger partial charge in [-0.1, -0.05) is 23.7 Å². The Morgan fingerprint density at radius 2 is 1.86 bits per heavy atom. The van der Waals surface area contributed by atoms with Crippen molar-refractivity contribution >= 4 is 44.7 Å². The molecule has 0 aliphatic carbocycles. The average Bonchev–Trinajstić information content (AvgIpc) is 3.36. The predicted molar refractivity (Wildman–Crippen MR) is 154 cm³/mol. The highest BCUT2D eigenvalue weighted by atomic mass is 35.5. The van der Waals surface area contributed by atoms with Gasteiger partial charge in [-0.05, 0) is 54.8 Å². The van der Waals surface area contributed by atoms with Gasteiger partial charge in [-0.3, -0.25) is 9.59 Å². The minimum absolute atomic E-state index is 0.0283. The molecule has 3 aromatic rings. The maximum atomic E-state index is 14.2. The van der Waals surface area contributed by atoms with Gasteiger partial charge in [-0.25, -0.2) is 8.42 Å². The summed E-state index contributed by atoms with van der Waals surface area (Å²) in [6.45, 7) is 0.0716. The molecule has 4 rings (SSSR count). The monoisotopic (exact) mass is 640 g/mol. The highest BCUT2D eigenvalue weighted by molar-refractivity contribution is 7.90. The van der Waals surface area contributed by atoms with E-state index in [2.05, 4.69) is 5.32 Å². The number of aliphatic carboxylic acids is 1. The van der Waals surface area contributed by atoms with Gasteiger partial charge in [-0.2, -0.15) is 13.2 Å². The number of methoxy groups -OCH3 is 1. The van der Waals surface area contributed by atoms with E-state index in [-0.39, 0.29) is 64.3 Å². The summed E-state index contributed by atoms with van der Waals surface area (Å²) < 4.78 is 76.4. The number of carbonyl (C=O) groups is 2. The molecule has 0 bridgehead atoms. The number of benzene rings is 3. The number of hydrogen-bond donors (Lipinski definition) is 2. The first kappa shape index (κ1) is 32.0. The molecule has 0 saturated carbocycles. The highest BCUT2D eigenvalue weighted by Crippen LogP contribution is 2.39. The van der Waals surface area contributed by atoms with Crippen molar-refractivity contribution in [1.29, 1.82) is 0 Å². The number of carboxylic acids is 1. The molecule has 1 heterocycles. The molecule has 9 nitrogen and oxygen atoms in total. The van der Waals surface area contributed by atoms with Gasteiger partial charge in [0.25, 0.3) is 5.91 Å².